The molecule has 1 aliphatic carbocycles. The molecule has 3 aliphatic heterocycles. The van der Waals surface area contributed by atoms with Crippen molar-refractivity contribution in [2.75, 3.05) is 19.6 Å². The molecule has 16 heavy (non-hydrogen) atoms. The van der Waals surface area contributed by atoms with Crippen LogP contribution in [0.25, 0.3) is 0 Å². The normalized spacial score (nSPS) is 40.2. The first-order chi connectivity index (χ1) is 7.67. The van der Waals surface area contributed by atoms with E-state index in [4.69, 9.17) is 5.73 Å². The number of hydrogen-bond acceptors (Lipinski definition) is 3. The first-order valence-electron chi connectivity index (χ1n) is 6.50. The Morgan fingerprint density at radius 1 is 1.31 bits per heavy atom. The van der Waals surface area contributed by atoms with E-state index in [1.807, 2.05) is 0 Å². The fourth-order valence-corrected chi connectivity index (χ4v) is 3.23. The van der Waals surface area contributed by atoms with Crippen LogP contribution in [0.4, 0.5) is 0 Å². The van der Waals surface area contributed by atoms with Crippen molar-refractivity contribution in [1.82, 2.24) is 10.2 Å². The van der Waals surface area contributed by atoms with Gasteiger partial charge in [-0.1, -0.05) is 0 Å². The molecule has 4 fully saturated rings. The molecule has 0 aromatic heterocycles. The number of nitrogens with two attached hydrogens (primary N) is 1. The molecule has 2 bridgehead atoms. The van der Waals surface area contributed by atoms with Gasteiger partial charge in [-0.25, -0.2) is 0 Å². The van der Waals surface area contributed by atoms with E-state index >= 15 is 0 Å². The molecule has 1 saturated carbocycles. The first kappa shape index (κ1) is 10.5. The van der Waals surface area contributed by atoms with Gasteiger partial charge in [-0.15, -0.1) is 0 Å². The summed E-state index contributed by atoms with van der Waals surface area (Å²) in [6.45, 7) is 3.46. The first-order valence-corrected chi connectivity index (χ1v) is 6.50. The van der Waals surface area contributed by atoms with Crippen LogP contribution < -0.4 is 11.1 Å². The maximum absolute atomic E-state index is 12.0. The van der Waals surface area contributed by atoms with Gasteiger partial charge in [-0.2, -0.15) is 0 Å². The van der Waals surface area contributed by atoms with E-state index in [0.29, 0.717) is 12.0 Å². The maximum Gasteiger partial charge on any atom is 0.240 e. The van der Waals surface area contributed by atoms with Crippen LogP contribution in [0.5, 0.6) is 0 Å². The minimum absolute atomic E-state index is 0.0949. The molecule has 4 aliphatic rings. The Balaban J connectivity index is 1.60. The Hall–Kier alpha value is -0.610. The fraction of sp³-hybridized carbons (Fsp3) is 0.917. The molecule has 1 amide bonds. The van der Waals surface area contributed by atoms with Crippen molar-refractivity contribution >= 4 is 5.91 Å². The molecule has 3 N–H and O–H groups in total. The molecule has 90 valence electrons. The van der Waals surface area contributed by atoms with Crippen molar-refractivity contribution < 1.29 is 4.79 Å². The van der Waals surface area contributed by atoms with Crippen LogP contribution in [0, 0.1) is 5.92 Å². The summed E-state index contributed by atoms with van der Waals surface area (Å²) in [5.74, 6) is 0.787. The van der Waals surface area contributed by atoms with E-state index in [1.54, 1.807) is 0 Å². The van der Waals surface area contributed by atoms with Crippen LogP contribution >= 0.6 is 0 Å². The van der Waals surface area contributed by atoms with E-state index < -0.39 is 5.54 Å². The third kappa shape index (κ3) is 1.64. The van der Waals surface area contributed by atoms with E-state index in [0.717, 1.165) is 25.8 Å². The number of nitrogens with zero attached hydrogens (tertiary/aromatic N) is 1. The van der Waals surface area contributed by atoms with Crippen molar-refractivity contribution in [3.05, 3.63) is 0 Å². The SMILES string of the molecule is NC1(C(=O)NC2CN3CCC2CC3)CCC1. The maximum atomic E-state index is 12.0. The zero-order valence-corrected chi connectivity index (χ0v) is 9.74. The number of nitrogens with one attached hydrogen (secondary N) is 1. The lowest BCUT2D eigenvalue weighted by molar-refractivity contribution is -0.131. The lowest BCUT2D eigenvalue weighted by Gasteiger charge is -2.46. The van der Waals surface area contributed by atoms with Crippen LogP contribution in [0.3, 0.4) is 0 Å². The van der Waals surface area contributed by atoms with Crippen molar-refractivity contribution in [2.45, 2.75) is 43.7 Å². The average molecular weight is 223 g/mol. The minimum Gasteiger partial charge on any atom is -0.350 e. The number of piperidine rings is 3. The largest absolute Gasteiger partial charge is 0.350 e. The second kappa shape index (κ2) is 3.70. The van der Waals surface area contributed by atoms with E-state index in [9.17, 15) is 4.79 Å². The summed E-state index contributed by atoms with van der Waals surface area (Å²) in [5.41, 5.74) is 5.50. The Kier molecular flexibility index (Phi) is 2.44. The molecular formula is C12H21N3O. The lowest BCUT2D eigenvalue weighted by Crippen LogP contribution is -2.64. The van der Waals surface area contributed by atoms with Gasteiger partial charge < -0.3 is 16.0 Å². The van der Waals surface area contributed by atoms with Gasteiger partial charge in [0.15, 0.2) is 0 Å². The summed E-state index contributed by atoms with van der Waals surface area (Å²) in [4.78, 5) is 14.5. The summed E-state index contributed by atoms with van der Waals surface area (Å²) >= 11 is 0. The predicted molar refractivity (Wildman–Crippen MR) is 61.9 cm³/mol. The highest BCUT2D eigenvalue weighted by atomic mass is 16.2. The molecule has 4 heteroatoms. The second-order valence-electron chi connectivity index (χ2n) is 5.73. The number of carbonyl (C=O) groups is 1. The molecule has 0 aromatic carbocycles. The molecule has 0 aromatic rings. The van der Waals surface area contributed by atoms with E-state index in [-0.39, 0.29) is 5.91 Å². The van der Waals surface area contributed by atoms with Crippen molar-refractivity contribution in [1.29, 1.82) is 0 Å². The van der Waals surface area contributed by atoms with Gasteiger partial charge in [0.25, 0.3) is 0 Å². The van der Waals surface area contributed by atoms with Crippen molar-refractivity contribution in [3.8, 4) is 0 Å². The van der Waals surface area contributed by atoms with Gasteiger partial charge in [0, 0.05) is 12.6 Å². The van der Waals surface area contributed by atoms with Gasteiger partial charge in [-0.3, -0.25) is 4.79 Å². The van der Waals surface area contributed by atoms with Crippen LogP contribution in [0.1, 0.15) is 32.1 Å². The van der Waals surface area contributed by atoms with Crippen molar-refractivity contribution in [3.63, 3.8) is 0 Å². The number of rotatable bonds is 2. The zero-order chi connectivity index (χ0) is 11.2. The average Bonchev–Trinajstić information content (AvgIpc) is 2.27. The summed E-state index contributed by atoms with van der Waals surface area (Å²) < 4.78 is 0. The third-order valence-corrected chi connectivity index (χ3v) is 4.67. The van der Waals surface area contributed by atoms with Gasteiger partial charge in [0.05, 0.1) is 5.54 Å². The van der Waals surface area contributed by atoms with E-state index in [2.05, 4.69) is 10.2 Å². The Morgan fingerprint density at radius 3 is 2.44 bits per heavy atom. The van der Waals surface area contributed by atoms with Gasteiger partial charge in [0.1, 0.15) is 0 Å². The van der Waals surface area contributed by atoms with Crippen molar-refractivity contribution in [2.24, 2.45) is 11.7 Å². The van der Waals surface area contributed by atoms with Crippen LogP contribution in [-0.2, 0) is 4.79 Å². The molecule has 0 radical (unpaired) electrons. The monoisotopic (exact) mass is 223 g/mol. The van der Waals surface area contributed by atoms with E-state index in [1.165, 1.54) is 25.9 Å². The number of carbonyl (C=O) groups excluding carboxylic acids is 1. The number of fused-ring (bicyclic) bond motifs is 3. The molecule has 4 rings (SSSR count). The smallest absolute Gasteiger partial charge is 0.240 e. The number of amides is 1. The van der Waals surface area contributed by atoms with Crippen LogP contribution in [0.15, 0.2) is 0 Å². The van der Waals surface area contributed by atoms with Crippen LogP contribution in [-0.4, -0.2) is 42.0 Å². The summed E-state index contributed by atoms with van der Waals surface area (Å²) in [7, 11) is 0. The molecule has 3 heterocycles. The topological polar surface area (TPSA) is 58.4 Å². The Labute approximate surface area is 96.5 Å². The Bertz CT molecular complexity index is 293. The third-order valence-electron chi connectivity index (χ3n) is 4.67. The molecular weight excluding hydrogens is 202 g/mol. The van der Waals surface area contributed by atoms with Gasteiger partial charge in [0.2, 0.25) is 5.91 Å². The standard InChI is InChI=1S/C12H21N3O/c13-12(4-1-5-12)11(16)14-10-8-15-6-2-9(10)3-7-15/h9-10H,1-8,13H2,(H,14,16). The summed E-state index contributed by atoms with van der Waals surface area (Å²) in [6, 6.07) is 0.357. The van der Waals surface area contributed by atoms with Crippen LogP contribution in [0.2, 0.25) is 0 Å². The second-order valence-corrected chi connectivity index (χ2v) is 5.73. The highest BCUT2D eigenvalue weighted by Gasteiger charge is 2.43. The van der Waals surface area contributed by atoms with Gasteiger partial charge in [-0.05, 0) is 51.1 Å². The minimum atomic E-state index is -0.536. The molecule has 3 saturated heterocycles. The quantitative estimate of drug-likeness (QED) is 0.697. The lowest BCUT2D eigenvalue weighted by atomic mass is 9.76. The molecule has 1 atom stereocenters. The molecule has 0 spiro atoms. The molecule has 4 nitrogen and oxygen atoms in total. The number of hydrogen-bond donors (Lipinski definition) is 2. The summed E-state index contributed by atoms with van der Waals surface area (Å²) in [6.07, 6.45) is 5.30. The highest BCUT2D eigenvalue weighted by Crippen LogP contribution is 2.31. The molecule has 1 unspecified atom stereocenters. The predicted octanol–water partition coefficient (Wildman–Crippen LogP) is 0.0782. The zero-order valence-electron chi connectivity index (χ0n) is 9.74. The van der Waals surface area contributed by atoms with Gasteiger partial charge >= 0.3 is 0 Å². The fourth-order valence-electron chi connectivity index (χ4n) is 3.23. The summed E-state index contributed by atoms with van der Waals surface area (Å²) in [5, 5.41) is 3.19. The Morgan fingerprint density at radius 2 is 2.00 bits per heavy atom. The highest BCUT2D eigenvalue weighted by molar-refractivity contribution is 5.87.